The van der Waals surface area contributed by atoms with E-state index in [2.05, 4.69) is 0 Å². The molecule has 0 atom stereocenters. The van der Waals surface area contributed by atoms with Crippen molar-refractivity contribution in [3.05, 3.63) is 63.2 Å². The highest BCUT2D eigenvalue weighted by Gasteiger charge is 2.05. The first-order chi connectivity index (χ1) is 9.06. The Morgan fingerprint density at radius 3 is 2.47 bits per heavy atom. The van der Waals surface area contributed by atoms with Crippen molar-refractivity contribution < 1.29 is 4.92 Å². The lowest BCUT2D eigenvalue weighted by Crippen LogP contribution is -1.88. The first-order valence-electron chi connectivity index (χ1n) is 5.47. The van der Waals surface area contributed by atoms with Crippen molar-refractivity contribution in [2.75, 3.05) is 5.73 Å². The predicted octanol–water partition coefficient (Wildman–Crippen LogP) is 4.12. The maximum absolute atomic E-state index is 10.5. The fourth-order valence-electron chi connectivity index (χ4n) is 1.51. The van der Waals surface area contributed by atoms with Crippen molar-refractivity contribution in [1.29, 1.82) is 0 Å². The summed E-state index contributed by atoms with van der Waals surface area (Å²) in [7, 11) is 0. The molecule has 0 saturated carbocycles. The fourth-order valence-corrected chi connectivity index (χ4v) is 2.74. The Morgan fingerprint density at radius 2 is 1.89 bits per heavy atom. The molecule has 0 aliphatic heterocycles. The molecule has 0 amide bonds. The number of hydrogen-bond acceptors (Lipinski definition) is 4. The van der Waals surface area contributed by atoms with E-state index in [1.807, 2.05) is 6.07 Å². The predicted molar refractivity (Wildman–Crippen MR) is 78.5 cm³/mol. The van der Waals surface area contributed by atoms with E-state index in [9.17, 15) is 10.1 Å². The number of nitrogens with zero attached hydrogens (tertiary/aromatic N) is 1. The lowest BCUT2D eigenvalue weighted by atomic mass is 10.2. The van der Waals surface area contributed by atoms with Gasteiger partial charge in [0.25, 0.3) is 5.69 Å². The van der Waals surface area contributed by atoms with Gasteiger partial charge in [-0.2, -0.15) is 0 Å². The maximum atomic E-state index is 10.5. The summed E-state index contributed by atoms with van der Waals surface area (Å²) in [5.74, 6) is 0.696. The molecule has 0 unspecified atom stereocenters. The Bertz CT molecular complexity index is 602. The highest BCUT2D eigenvalue weighted by atomic mass is 35.5. The number of nitro benzene ring substituents is 1. The quantitative estimate of drug-likeness (QED) is 0.398. The van der Waals surface area contributed by atoms with E-state index in [1.165, 1.54) is 12.1 Å². The lowest BCUT2D eigenvalue weighted by molar-refractivity contribution is -0.384. The summed E-state index contributed by atoms with van der Waals surface area (Å²) in [6.07, 6.45) is 0. The van der Waals surface area contributed by atoms with E-state index in [0.29, 0.717) is 16.5 Å². The Hall–Kier alpha value is -1.72. The molecule has 2 aromatic rings. The van der Waals surface area contributed by atoms with Crippen molar-refractivity contribution in [2.45, 2.75) is 10.6 Å². The molecule has 4 nitrogen and oxygen atoms in total. The molecular weight excluding hydrogens is 284 g/mol. The van der Waals surface area contributed by atoms with Crippen LogP contribution in [0.5, 0.6) is 0 Å². The van der Waals surface area contributed by atoms with Crippen molar-refractivity contribution in [3.63, 3.8) is 0 Å². The zero-order valence-electron chi connectivity index (χ0n) is 9.88. The molecule has 2 aromatic carbocycles. The fraction of sp³-hybridized carbons (Fsp3) is 0.0769. The molecule has 19 heavy (non-hydrogen) atoms. The summed E-state index contributed by atoms with van der Waals surface area (Å²) < 4.78 is 0. The average molecular weight is 295 g/mol. The number of halogens is 1. The number of anilines is 1. The summed E-state index contributed by atoms with van der Waals surface area (Å²) in [4.78, 5) is 11.1. The van der Waals surface area contributed by atoms with E-state index in [1.54, 1.807) is 36.0 Å². The van der Waals surface area contributed by atoms with Gasteiger partial charge in [-0.05, 0) is 23.8 Å². The molecule has 0 bridgehead atoms. The number of nitrogens with two attached hydrogens (primary N) is 1. The van der Waals surface area contributed by atoms with E-state index < -0.39 is 4.92 Å². The first kappa shape index (κ1) is 13.7. The van der Waals surface area contributed by atoms with Crippen molar-refractivity contribution in [3.8, 4) is 0 Å². The first-order valence-corrected chi connectivity index (χ1v) is 6.84. The summed E-state index contributed by atoms with van der Waals surface area (Å²) in [6.45, 7) is 0. The third kappa shape index (κ3) is 3.62. The van der Waals surface area contributed by atoms with E-state index in [-0.39, 0.29) is 5.69 Å². The Balaban J connectivity index is 2.04. The minimum absolute atomic E-state index is 0.0965. The standard InChI is InChI=1S/C13H11ClN2O2S/c14-12-7-10(15)3-6-13(12)19-8-9-1-4-11(5-2-9)16(17)18/h1-7H,8,15H2. The van der Waals surface area contributed by atoms with Gasteiger partial charge in [0.05, 0.1) is 9.95 Å². The summed E-state index contributed by atoms with van der Waals surface area (Å²) in [5.41, 5.74) is 7.35. The topological polar surface area (TPSA) is 69.2 Å². The van der Waals surface area contributed by atoms with Gasteiger partial charge in [0, 0.05) is 28.5 Å². The van der Waals surface area contributed by atoms with Crippen LogP contribution < -0.4 is 5.73 Å². The van der Waals surface area contributed by atoms with Crippen LogP contribution in [0.4, 0.5) is 11.4 Å². The molecule has 0 heterocycles. The molecule has 0 spiro atoms. The van der Waals surface area contributed by atoms with Gasteiger partial charge in [-0.3, -0.25) is 10.1 Å². The highest BCUT2D eigenvalue weighted by molar-refractivity contribution is 7.98. The highest BCUT2D eigenvalue weighted by Crippen LogP contribution is 2.31. The van der Waals surface area contributed by atoms with Gasteiger partial charge in [0.2, 0.25) is 0 Å². The van der Waals surface area contributed by atoms with Gasteiger partial charge in [0.15, 0.2) is 0 Å². The van der Waals surface area contributed by atoms with E-state index in [4.69, 9.17) is 17.3 Å². The Kier molecular flexibility index (Phi) is 4.29. The molecule has 0 aliphatic carbocycles. The zero-order chi connectivity index (χ0) is 13.8. The number of non-ortho nitro benzene ring substituents is 1. The number of thioether (sulfide) groups is 1. The number of benzene rings is 2. The van der Waals surface area contributed by atoms with Crippen molar-refractivity contribution >= 4 is 34.7 Å². The summed E-state index contributed by atoms with van der Waals surface area (Å²) in [6, 6.07) is 11.9. The third-order valence-electron chi connectivity index (χ3n) is 2.50. The summed E-state index contributed by atoms with van der Waals surface area (Å²) >= 11 is 7.64. The number of nitrogen functional groups attached to an aromatic ring is 1. The zero-order valence-corrected chi connectivity index (χ0v) is 11.4. The van der Waals surface area contributed by atoms with Gasteiger partial charge >= 0.3 is 0 Å². The van der Waals surface area contributed by atoms with Crippen LogP contribution in [0.15, 0.2) is 47.4 Å². The Labute approximate surface area is 119 Å². The van der Waals surface area contributed by atoms with Crippen molar-refractivity contribution in [1.82, 2.24) is 0 Å². The largest absolute Gasteiger partial charge is 0.399 e. The molecule has 0 fully saturated rings. The number of rotatable bonds is 4. The molecule has 0 radical (unpaired) electrons. The van der Waals surface area contributed by atoms with Crippen molar-refractivity contribution in [2.24, 2.45) is 0 Å². The average Bonchev–Trinajstić information content (AvgIpc) is 2.38. The number of nitro groups is 1. The van der Waals surface area contributed by atoms with Gasteiger partial charge in [-0.1, -0.05) is 23.7 Å². The smallest absolute Gasteiger partial charge is 0.269 e. The second-order valence-corrected chi connectivity index (χ2v) is 5.33. The van der Waals surface area contributed by atoms with Gasteiger partial charge < -0.3 is 5.73 Å². The molecule has 98 valence electrons. The molecule has 6 heteroatoms. The normalized spacial score (nSPS) is 10.4. The van der Waals surface area contributed by atoms with Crippen LogP contribution in [0.1, 0.15) is 5.56 Å². The van der Waals surface area contributed by atoms with E-state index >= 15 is 0 Å². The second kappa shape index (κ2) is 5.95. The summed E-state index contributed by atoms with van der Waals surface area (Å²) in [5, 5.41) is 11.2. The molecule has 0 aliphatic rings. The van der Waals surface area contributed by atoms with Crippen LogP contribution in [-0.4, -0.2) is 4.92 Å². The van der Waals surface area contributed by atoms with Crippen LogP contribution in [0.25, 0.3) is 0 Å². The minimum atomic E-state index is -0.409. The molecule has 0 saturated heterocycles. The number of hydrogen-bond donors (Lipinski definition) is 1. The van der Waals surface area contributed by atoms with E-state index in [0.717, 1.165) is 10.5 Å². The van der Waals surface area contributed by atoms with Gasteiger partial charge in [-0.25, -0.2) is 0 Å². The van der Waals surface area contributed by atoms with Crippen LogP contribution in [-0.2, 0) is 5.75 Å². The third-order valence-corrected chi connectivity index (χ3v) is 4.07. The van der Waals surface area contributed by atoms with Gasteiger partial charge in [-0.15, -0.1) is 11.8 Å². The Morgan fingerprint density at radius 1 is 1.21 bits per heavy atom. The second-order valence-electron chi connectivity index (χ2n) is 3.90. The molecule has 0 aromatic heterocycles. The molecular formula is C13H11ClN2O2S. The maximum Gasteiger partial charge on any atom is 0.269 e. The molecule has 2 N–H and O–H groups in total. The van der Waals surface area contributed by atoms with Crippen LogP contribution in [0.3, 0.4) is 0 Å². The SMILES string of the molecule is Nc1ccc(SCc2ccc([N+](=O)[O-])cc2)c(Cl)c1. The lowest BCUT2D eigenvalue weighted by Gasteiger charge is -2.05. The van der Waals surface area contributed by atoms with Crippen LogP contribution >= 0.6 is 23.4 Å². The monoisotopic (exact) mass is 294 g/mol. The molecule has 2 rings (SSSR count). The van der Waals surface area contributed by atoms with Crippen LogP contribution in [0, 0.1) is 10.1 Å². The van der Waals surface area contributed by atoms with Gasteiger partial charge in [0.1, 0.15) is 0 Å². The van der Waals surface area contributed by atoms with Crippen LogP contribution in [0.2, 0.25) is 5.02 Å². The minimum Gasteiger partial charge on any atom is -0.399 e.